The van der Waals surface area contributed by atoms with Crippen LogP contribution in [0.15, 0.2) is 27.8 Å². The average Bonchev–Trinajstić information content (AvgIpc) is 3.44. The van der Waals surface area contributed by atoms with Gasteiger partial charge in [-0.2, -0.15) is 0 Å². The van der Waals surface area contributed by atoms with E-state index in [1.165, 1.54) is 19.3 Å². The maximum absolute atomic E-state index is 12.1. The van der Waals surface area contributed by atoms with Gasteiger partial charge in [0.2, 0.25) is 5.91 Å². The maximum atomic E-state index is 12.1. The van der Waals surface area contributed by atoms with Gasteiger partial charge in [0.05, 0.1) is 18.8 Å². The fourth-order valence-electron chi connectivity index (χ4n) is 4.61. The molecule has 7 nitrogen and oxygen atoms in total. The van der Waals surface area contributed by atoms with Crippen LogP contribution < -0.4 is 10.6 Å². The van der Waals surface area contributed by atoms with Crippen LogP contribution in [0.5, 0.6) is 0 Å². The van der Waals surface area contributed by atoms with Crippen molar-refractivity contribution in [3.05, 3.63) is 24.2 Å². The van der Waals surface area contributed by atoms with Gasteiger partial charge in [-0.05, 0) is 64.3 Å². The van der Waals surface area contributed by atoms with E-state index < -0.39 is 0 Å². The Kier molecular flexibility index (Phi) is 9.05. The predicted octanol–water partition coefficient (Wildman–Crippen LogP) is 3.15. The molecule has 0 saturated carbocycles. The molecule has 0 aliphatic carbocycles. The molecule has 168 valence electrons. The van der Waals surface area contributed by atoms with Crippen LogP contribution >= 0.6 is 0 Å². The van der Waals surface area contributed by atoms with Crippen LogP contribution in [0.1, 0.15) is 70.6 Å². The molecule has 2 unspecified atom stereocenters. The molecular formula is C23H39N5O2. The highest BCUT2D eigenvalue weighted by Gasteiger charge is 2.27. The molecule has 0 aromatic carbocycles. The summed E-state index contributed by atoms with van der Waals surface area (Å²) in [5.41, 5.74) is 0. The van der Waals surface area contributed by atoms with Gasteiger partial charge in [-0.1, -0.05) is 13.3 Å². The summed E-state index contributed by atoms with van der Waals surface area (Å²) in [5.74, 6) is 2.15. The number of nitrogens with zero attached hydrogens (tertiary/aromatic N) is 3. The van der Waals surface area contributed by atoms with Crippen LogP contribution in [0.4, 0.5) is 0 Å². The zero-order valence-corrected chi connectivity index (χ0v) is 18.7. The Morgan fingerprint density at radius 2 is 2.00 bits per heavy atom. The Morgan fingerprint density at radius 1 is 1.17 bits per heavy atom. The molecule has 3 heterocycles. The lowest BCUT2D eigenvalue weighted by molar-refractivity contribution is -0.129. The molecule has 2 fully saturated rings. The van der Waals surface area contributed by atoms with Gasteiger partial charge < -0.3 is 20.0 Å². The van der Waals surface area contributed by atoms with Gasteiger partial charge >= 0.3 is 0 Å². The van der Waals surface area contributed by atoms with Crippen LogP contribution in [0.3, 0.4) is 0 Å². The molecule has 30 heavy (non-hydrogen) atoms. The van der Waals surface area contributed by atoms with E-state index in [-0.39, 0.29) is 6.04 Å². The lowest BCUT2D eigenvalue weighted by Gasteiger charge is -2.32. The summed E-state index contributed by atoms with van der Waals surface area (Å²) < 4.78 is 5.75. The van der Waals surface area contributed by atoms with Crippen molar-refractivity contribution in [2.45, 2.75) is 70.9 Å². The number of amides is 1. The summed E-state index contributed by atoms with van der Waals surface area (Å²) in [6.07, 6.45) is 9.20. The first kappa shape index (κ1) is 22.7. The number of carbonyl (C=O) groups is 1. The number of furan rings is 1. The average molecular weight is 418 g/mol. The van der Waals surface area contributed by atoms with Gasteiger partial charge in [0.1, 0.15) is 5.76 Å². The third-order valence-electron chi connectivity index (χ3n) is 6.26. The highest BCUT2D eigenvalue weighted by atomic mass is 16.3. The molecule has 1 aromatic rings. The highest BCUT2D eigenvalue weighted by Crippen LogP contribution is 2.25. The highest BCUT2D eigenvalue weighted by molar-refractivity contribution is 5.80. The standard InChI is InChI=1S/C23H39N5O2/c1-3-19(28-16-8-11-22(28)29)12-13-25-23(24-4-2)26-18-20(21-10-9-17-30-21)27-14-6-5-7-15-27/h9-10,17,19-20H,3-8,11-16,18H2,1-2H3,(H2,24,25,26). The van der Waals surface area contributed by atoms with Crippen LogP contribution in [-0.4, -0.2) is 67.0 Å². The molecule has 0 radical (unpaired) electrons. The fraction of sp³-hybridized carbons (Fsp3) is 0.739. The minimum absolute atomic E-state index is 0.182. The van der Waals surface area contributed by atoms with E-state index in [9.17, 15) is 4.79 Å². The van der Waals surface area contributed by atoms with Crippen LogP contribution in [0.25, 0.3) is 0 Å². The number of piperidine rings is 1. The normalized spacial score (nSPS) is 20.4. The Bertz CT molecular complexity index is 655. The second kappa shape index (κ2) is 12.0. The van der Waals surface area contributed by atoms with Crippen molar-refractivity contribution in [2.75, 3.05) is 39.3 Å². The van der Waals surface area contributed by atoms with E-state index in [1.54, 1.807) is 6.26 Å². The molecule has 0 bridgehead atoms. The molecule has 1 aromatic heterocycles. The van der Waals surface area contributed by atoms with E-state index in [2.05, 4.69) is 40.3 Å². The number of rotatable bonds is 10. The Morgan fingerprint density at radius 3 is 2.63 bits per heavy atom. The molecule has 7 heteroatoms. The van der Waals surface area contributed by atoms with Crippen molar-refractivity contribution in [2.24, 2.45) is 4.99 Å². The molecule has 2 aliphatic heterocycles. The Hall–Kier alpha value is -2.02. The van der Waals surface area contributed by atoms with E-state index in [0.29, 0.717) is 24.9 Å². The second-order valence-corrected chi connectivity index (χ2v) is 8.32. The molecule has 0 spiro atoms. The fourth-order valence-corrected chi connectivity index (χ4v) is 4.61. The number of hydrogen-bond acceptors (Lipinski definition) is 4. The zero-order valence-electron chi connectivity index (χ0n) is 18.7. The second-order valence-electron chi connectivity index (χ2n) is 8.32. The lowest BCUT2D eigenvalue weighted by atomic mass is 10.1. The first-order chi connectivity index (χ1) is 14.7. The lowest BCUT2D eigenvalue weighted by Crippen LogP contribution is -2.42. The molecular weight excluding hydrogens is 378 g/mol. The van der Waals surface area contributed by atoms with Crippen LogP contribution in [0, 0.1) is 0 Å². The predicted molar refractivity (Wildman–Crippen MR) is 120 cm³/mol. The number of carbonyl (C=O) groups excluding carboxylic acids is 1. The van der Waals surface area contributed by atoms with Crippen molar-refractivity contribution in [1.29, 1.82) is 0 Å². The first-order valence-corrected chi connectivity index (χ1v) is 11.8. The first-order valence-electron chi connectivity index (χ1n) is 11.8. The number of guanidine groups is 1. The van der Waals surface area contributed by atoms with E-state index in [4.69, 9.17) is 9.41 Å². The van der Waals surface area contributed by atoms with Gasteiger partial charge in [0.15, 0.2) is 5.96 Å². The third-order valence-corrected chi connectivity index (χ3v) is 6.26. The molecule has 1 amide bonds. The monoisotopic (exact) mass is 417 g/mol. The SMILES string of the molecule is CCNC(=NCC(c1ccco1)N1CCCCC1)NCCC(CC)N1CCCC1=O. The number of aliphatic imine (C=N–C) groups is 1. The molecule has 2 atom stereocenters. The van der Waals surface area contributed by atoms with E-state index in [0.717, 1.165) is 63.7 Å². The summed E-state index contributed by atoms with van der Waals surface area (Å²) in [4.78, 5) is 21.5. The Labute approximate surface area is 181 Å². The summed E-state index contributed by atoms with van der Waals surface area (Å²) in [7, 11) is 0. The number of likely N-dealkylation sites (tertiary alicyclic amines) is 2. The van der Waals surface area contributed by atoms with Crippen molar-refractivity contribution in [1.82, 2.24) is 20.4 Å². The van der Waals surface area contributed by atoms with Gasteiger partial charge in [-0.25, -0.2) is 0 Å². The molecule has 2 aliphatic rings. The minimum Gasteiger partial charge on any atom is -0.468 e. The maximum Gasteiger partial charge on any atom is 0.222 e. The summed E-state index contributed by atoms with van der Waals surface area (Å²) in [6.45, 7) is 9.67. The van der Waals surface area contributed by atoms with Crippen LogP contribution in [0.2, 0.25) is 0 Å². The van der Waals surface area contributed by atoms with Gasteiger partial charge in [0.25, 0.3) is 0 Å². The molecule has 2 saturated heterocycles. The van der Waals surface area contributed by atoms with Crippen molar-refractivity contribution >= 4 is 11.9 Å². The van der Waals surface area contributed by atoms with Crippen molar-refractivity contribution in [3.8, 4) is 0 Å². The van der Waals surface area contributed by atoms with Crippen molar-refractivity contribution in [3.63, 3.8) is 0 Å². The quantitative estimate of drug-likeness (QED) is 0.452. The van der Waals surface area contributed by atoms with E-state index in [1.807, 2.05) is 6.07 Å². The van der Waals surface area contributed by atoms with Crippen molar-refractivity contribution < 1.29 is 9.21 Å². The van der Waals surface area contributed by atoms with Gasteiger partial charge in [0, 0.05) is 32.1 Å². The van der Waals surface area contributed by atoms with E-state index >= 15 is 0 Å². The van der Waals surface area contributed by atoms with Gasteiger partial charge in [-0.15, -0.1) is 0 Å². The summed E-state index contributed by atoms with van der Waals surface area (Å²) >= 11 is 0. The summed E-state index contributed by atoms with van der Waals surface area (Å²) in [5, 5.41) is 6.84. The summed E-state index contributed by atoms with van der Waals surface area (Å²) in [6, 6.07) is 4.53. The van der Waals surface area contributed by atoms with Gasteiger partial charge in [-0.3, -0.25) is 14.7 Å². The number of nitrogens with one attached hydrogen (secondary N) is 2. The third kappa shape index (κ3) is 6.24. The Balaban J connectivity index is 1.57. The smallest absolute Gasteiger partial charge is 0.222 e. The minimum atomic E-state index is 0.182. The van der Waals surface area contributed by atoms with Crippen LogP contribution in [-0.2, 0) is 4.79 Å². The molecule has 2 N–H and O–H groups in total. The zero-order chi connectivity index (χ0) is 21.2. The molecule has 3 rings (SSSR count). The topological polar surface area (TPSA) is 73.1 Å². The largest absolute Gasteiger partial charge is 0.468 e. The number of hydrogen-bond donors (Lipinski definition) is 2.